The molecule has 0 bridgehead atoms. The molecule has 1 aromatic rings. The zero-order valence-corrected chi connectivity index (χ0v) is 9.37. The zero-order valence-electron chi connectivity index (χ0n) is 9.37. The molecule has 1 atom stereocenters. The fraction of sp³-hybridized carbons (Fsp3) is 0.333. The van der Waals surface area contributed by atoms with Crippen LogP contribution in [0.4, 0.5) is 0 Å². The molecule has 92 valence electrons. The molecule has 5 N–H and O–H groups in total. The average Bonchev–Trinajstić information content (AvgIpc) is 2.35. The quantitative estimate of drug-likeness (QED) is 0.616. The lowest BCUT2D eigenvalue weighted by Gasteiger charge is -2.30. The number of β-amino-alcohol motifs (C(OH)–C–C–N with tert-alkyl or cyclic N) is 1. The van der Waals surface area contributed by atoms with Crippen LogP contribution in [0.15, 0.2) is 30.1 Å². The van der Waals surface area contributed by atoms with Crippen molar-refractivity contribution in [1.29, 1.82) is 0 Å². The van der Waals surface area contributed by atoms with E-state index in [2.05, 4.69) is 0 Å². The number of hydrogen-bond donors (Lipinski definition) is 4. The number of hydrogen-bond acceptors (Lipinski definition) is 5. The summed E-state index contributed by atoms with van der Waals surface area (Å²) in [5.74, 6) is -0.368. The Labute approximate surface area is 99.4 Å². The van der Waals surface area contributed by atoms with Crippen molar-refractivity contribution in [2.24, 2.45) is 5.73 Å². The van der Waals surface area contributed by atoms with Gasteiger partial charge >= 0.3 is 0 Å². The lowest BCUT2D eigenvalue weighted by Crippen LogP contribution is -2.37. The van der Waals surface area contributed by atoms with E-state index < -0.39 is 6.10 Å². The van der Waals surface area contributed by atoms with Gasteiger partial charge in [0.2, 0.25) is 5.88 Å². The van der Waals surface area contributed by atoms with E-state index in [1.165, 1.54) is 4.90 Å². The van der Waals surface area contributed by atoms with Crippen LogP contribution < -0.4 is 5.73 Å². The Bertz CT molecular complexity index is 445. The van der Waals surface area contributed by atoms with Crippen molar-refractivity contribution in [2.75, 3.05) is 13.1 Å². The van der Waals surface area contributed by atoms with Crippen LogP contribution in [0.3, 0.4) is 0 Å². The molecular weight excluding hydrogens is 220 g/mol. The van der Waals surface area contributed by atoms with Gasteiger partial charge in [-0.05, 0) is 5.56 Å². The zero-order chi connectivity index (χ0) is 12.4. The van der Waals surface area contributed by atoms with Gasteiger partial charge in [0, 0.05) is 25.2 Å². The smallest absolute Gasteiger partial charge is 0.231 e. The fourth-order valence-electron chi connectivity index (χ4n) is 1.92. The molecule has 0 fully saturated rings. The number of fused-ring (bicyclic) bond motifs is 1. The monoisotopic (exact) mass is 236 g/mol. The van der Waals surface area contributed by atoms with Crippen molar-refractivity contribution in [3.05, 3.63) is 41.3 Å². The molecule has 0 saturated carbocycles. The Hall–Kier alpha value is -1.72. The van der Waals surface area contributed by atoms with E-state index in [0.717, 1.165) is 5.56 Å². The molecule has 0 spiro atoms. The van der Waals surface area contributed by atoms with Crippen LogP contribution >= 0.6 is 0 Å². The summed E-state index contributed by atoms with van der Waals surface area (Å²) < 4.78 is 0. The Balaban J connectivity index is 2.28. The minimum absolute atomic E-state index is 0.117. The summed E-state index contributed by atoms with van der Waals surface area (Å²) in [5.41, 5.74) is 6.86. The molecule has 0 aliphatic carbocycles. The first-order valence-corrected chi connectivity index (χ1v) is 5.47. The summed E-state index contributed by atoms with van der Waals surface area (Å²) in [4.78, 5) is 1.51. The predicted octanol–water partition coefficient (Wildman–Crippen LogP) is 0.564. The van der Waals surface area contributed by atoms with Gasteiger partial charge in [0.15, 0.2) is 5.76 Å². The summed E-state index contributed by atoms with van der Waals surface area (Å²) in [6.07, 6.45) is -0.727. The van der Waals surface area contributed by atoms with Crippen molar-refractivity contribution >= 4 is 5.76 Å². The van der Waals surface area contributed by atoms with Gasteiger partial charge in [-0.15, -0.1) is 0 Å². The van der Waals surface area contributed by atoms with Crippen LogP contribution in [0.25, 0.3) is 5.76 Å². The maximum Gasteiger partial charge on any atom is 0.231 e. The van der Waals surface area contributed by atoms with Crippen molar-refractivity contribution < 1.29 is 15.3 Å². The largest absolute Gasteiger partial charge is 0.503 e. The summed E-state index contributed by atoms with van der Waals surface area (Å²) in [5, 5.41) is 29.2. The summed E-state index contributed by atoms with van der Waals surface area (Å²) in [6.45, 7) is 0.760. The van der Waals surface area contributed by atoms with E-state index in [0.29, 0.717) is 12.1 Å². The molecule has 0 radical (unpaired) electrons. The van der Waals surface area contributed by atoms with Crippen LogP contribution in [0, 0.1) is 0 Å². The molecule has 0 saturated heterocycles. The Kier molecular flexibility index (Phi) is 3.21. The number of aliphatic hydroxyl groups excluding tert-OH is 3. The van der Waals surface area contributed by atoms with Gasteiger partial charge in [0.1, 0.15) is 0 Å². The second kappa shape index (κ2) is 4.65. The second-order valence-electron chi connectivity index (χ2n) is 4.10. The third kappa shape index (κ3) is 2.20. The second-order valence-corrected chi connectivity index (χ2v) is 4.10. The van der Waals surface area contributed by atoms with Crippen LogP contribution in [0.5, 0.6) is 0 Å². The molecule has 1 aliphatic rings. The van der Waals surface area contributed by atoms with Crippen LogP contribution in [0.1, 0.15) is 11.1 Å². The van der Waals surface area contributed by atoms with E-state index in [1.807, 2.05) is 12.1 Å². The van der Waals surface area contributed by atoms with Gasteiger partial charge in [0.25, 0.3) is 0 Å². The van der Waals surface area contributed by atoms with E-state index in [-0.39, 0.29) is 24.7 Å². The topological polar surface area (TPSA) is 90.0 Å². The molecular formula is C12H16N2O3. The fourth-order valence-corrected chi connectivity index (χ4v) is 1.92. The highest BCUT2D eigenvalue weighted by atomic mass is 16.3. The van der Waals surface area contributed by atoms with Crippen LogP contribution in [-0.4, -0.2) is 39.4 Å². The van der Waals surface area contributed by atoms with E-state index >= 15 is 0 Å². The van der Waals surface area contributed by atoms with E-state index in [9.17, 15) is 15.3 Å². The van der Waals surface area contributed by atoms with Gasteiger partial charge < -0.3 is 26.0 Å². The third-order valence-corrected chi connectivity index (χ3v) is 2.85. The van der Waals surface area contributed by atoms with Crippen molar-refractivity contribution in [3.63, 3.8) is 0 Å². The lowest BCUT2D eigenvalue weighted by molar-refractivity contribution is 0.0956. The number of nitrogens with zero attached hydrogens (tertiary/aromatic N) is 1. The maximum absolute atomic E-state index is 9.86. The van der Waals surface area contributed by atoms with Crippen molar-refractivity contribution in [2.45, 2.75) is 12.6 Å². The number of aliphatic hydroxyl groups is 3. The highest BCUT2D eigenvalue weighted by Gasteiger charge is 2.25. The van der Waals surface area contributed by atoms with Gasteiger partial charge in [0.05, 0.1) is 6.10 Å². The molecule has 2 rings (SSSR count). The number of rotatable bonds is 3. The Morgan fingerprint density at radius 3 is 2.71 bits per heavy atom. The normalized spacial score (nSPS) is 16.9. The Morgan fingerprint density at radius 2 is 2.00 bits per heavy atom. The SMILES string of the molecule is NC[C@H](O)CN1Cc2ccccc2C(O)=C1O. The van der Waals surface area contributed by atoms with Crippen molar-refractivity contribution in [1.82, 2.24) is 4.90 Å². The number of nitrogens with two attached hydrogens (primary N) is 1. The van der Waals surface area contributed by atoms with E-state index in [1.54, 1.807) is 12.1 Å². The minimum atomic E-state index is -0.727. The molecule has 0 amide bonds. The molecule has 0 unspecified atom stereocenters. The van der Waals surface area contributed by atoms with Crippen molar-refractivity contribution in [3.8, 4) is 0 Å². The summed E-state index contributed by atoms with van der Waals surface area (Å²) in [7, 11) is 0. The summed E-state index contributed by atoms with van der Waals surface area (Å²) >= 11 is 0. The standard InChI is InChI=1S/C12H16N2O3/c13-5-9(15)7-14-6-8-3-1-2-4-10(8)11(16)12(14)17/h1-4,9,15-17H,5-7,13H2/t9-/m0/s1. The lowest BCUT2D eigenvalue weighted by atomic mass is 10.0. The average molecular weight is 236 g/mol. The van der Waals surface area contributed by atoms with Crippen LogP contribution in [-0.2, 0) is 6.54 Å². The molecule has 0 aromatic heterocycles. The molecule has 5 nitrogen and oxygen atoms in total. The molecule has 1 heterocycles. The highest BCUT2D eigenvalue weighted by molar-refractivity contribution is 5.64. The number of benzene rings is 1. The molecule has 1 aromatic carbocycles. The third-order valence-electron chi connectivity index (χ3n) is 2.85. The Morgan fingerprint density at radius 1 is 1.29 bits per heavy atom. The molecule has 17 heavy (non-hydrogen) atoms. The maximum atomic E-state index is 9.86. The minimum Gasteiger partial charge on any atom is -0.503 e. The first kappa shape index (κ1) is 11.8. The molecule has 1 aliphatic heterocycles. The molecule has 5 heteroatoms. The van der Waals surface area contributed by atoms with E-state index in [4.69, 9.17) is 5.73 Å². The van der Waals surface area contributed by atoms with Gasteiger partial charge in [-0.25, -0.2) is 0 Å². The van der Waals surface area contributed by atoms with Gasteiger partial charge in [-0.3, -0.25) is 0 Å². The first-order valence-electron chi connectivity index (χ1n) is 5.47. The summed E-state index contributed by atoms with van der Waals surface area (Å²) in [6, 6.07) is 7.29. The van der Waals surface area contributed by atoms with Crippen LogP contribution in [0.2, 0.25) is 0 Å². The first-order chi connectivity index (χ1) is 8.13. The van der Waals surface area contributed by atoms with Gasteiger partial charge in [-0.2, -0.15) is 0 Å². The predicted molar refractivity (Wildman–Crippen MR) is 64.1 cm³/mol. The highest BCUT2D eigenvalue weighted by Crippen LogP contribution is 2.28. The van der Waals surface area contributed by atoms with Gasteiger partial charge in [-0.1, -0.05) is 24.3 Å².